The minimum absolute atomic E-state index is 0.200. The molecule has 0 aliphatic heterocycles. The molecular weight excluding hydrogens is 298 g/mol. The van der Waals surface area contributed by atoms with Gasteiger partial charge in [-0.2, -0.15) is 0 Å². The van der Waals surface area contributed by atoms with Gasteiger partial charge < -0.3 is 10.4 Å². The van der Waals surface area contributed by atoms with E-state index in [2.05, 4.69) is 50.4 Å². The highest BCUT2D eigenvalue weighted by Gasteiger charge is 2.20. The summed E-state index contributed by atoms with van der Waals surface area (Å²) in [5.74, 6) is -0.106. The van der Waals surface area contributed by atoms with Gasteiger partial charge in [0.05, 0.1) is 0 Å². The average Bonchev–Trinajstić information content (AvgIpc) is 2.52. The lowest BCUT2D eigenvalue weighted by Gasteiger charge is -2.30. The van der Waals surface area contributed by atoms with E-state index in [9.17, 15) is 4.79 Å². The molecule has 1 aromatic rings. The van der Waals surface area contributed by atoms with Crippen molar-refractivity contribution in [1.29, 1.82) is 0 Å². The van der Waals surface area contributed by atoms with Crippen LogP contribution in [-0.4, -0.2) is 17.1 Å². The summed E-state index contributed by atoms with van der Waals surface area (Å²) in [4.78, 5) is 10.4. The number of anilines is 1. The van der Waals surface area contributed by atoms with E-state index in [1.54, 1.807) is 6.08 Å². The van der Waals surface area contributed by atoms with Crippen LogP contribution in [0.25, 0.3) is 0 Å². The molecule has 0 heterocycles. The number of carbonyl (C=O) groups is 1. The van der Waals surface area contributed by atoms with Crippen LogP contribution in [0.5, 0.6) is 0 Å². The highest BCUT2D eigenvalue weighted by Crippen LogP contribution is 2.30. The summed E-state index contributed by atoms with van der Waals surface area (Å²) in [5.41, 5.74) is 2.79. The van der Waals surface area contributed by atoms with Crippen molar-refractivity contribution in [2.24, 2.45) is 5.92 Å². The molecule has 3 heteroatoms. The van der Waals surface area contributed by atoms with Gasteiger partial charge in [-0.05, 0) is 67.6 Å². The Morgan fingerprint density at radius 2 is 1.79 bits per heavy atom. The summed E-state index contributed by atoms with van der Waals surface area (Å²) < 4.78 is 0. The molecule has 1 aliphatic carbocycles. The molecule has 1 aliphatic rings. The Hall–Kier alpha value is -1.77. The van der Waals surface area contributed by atoms with Crippen LogP contribution in [0.15, 0.2) is 36.4 Å². The highest BCUT2D eigenvalue weighted by molar-refractivity contribution is 5.79. The van der Waals surface area contributed by atoms with Crippen molar-refractivity contribution in [3.05, 3.63) is 42.0 Å². The molecule has 1 aromatic carbocycles. The van der Waals surface area contributed by atoms with Gasteiger partial charge in [0.25, 0.3) is 0 Å². The highest BCUT2D eigenvalue weighted by atomic mass is 16.4. The standard InChI is InChI=1S/C21H31NO2/c1-21(2,3)17-10-14-19(15-11-17)22-18-12-8-16(9-13-18)6-4-5-7-20(23)24/h5,7,10-11,14-16,18,22H,4,6,8-9,12-13H2,1-3H3,(H,23,24). The van der Waals surface area contributed by atoms with Gasteiger partial charge >= 0.3 is 5.97 Å². The number of rotatable bonds is 6. The average molecular weight is 329 g/mol. The first-order valence-electron chi connectivity index (χ1n) is 9.11. The van der Waals surface area contributed by atoms with Crippen molar-refractivity contribution in [2.45, 2.75) is 70.8 Å². The number of carboxylic acids is 1. The largest absolute Gasteiger partial charge is 0.478 e. The summed E-state index contributed by atoms with van der Waals surface area (Å²) in [5, 5.41) is 12.3. The van der Waals surface area contributed by atoms with E-state index in [0.29, 0.717) is 6.04 Å². The summed E-state index contributed by atoms with van der Waals surface area (Å²) in [6, 6.07) is 9.41. The number of allylic oxidation sites excluding steroid dienone is 1. The van der Waals surface area contributed by atoms with E-state index in [0.717, 1.165) is 18.8 Å². The summed E-state index contributed by atoms with van der Waals surface area (Å²) >= 11 is 0. The fourth-order valence-corrected chi connectivity index (χ4v) is 3.41. The zero-order valence-corrected chi connectivity index (χ0v) is 15.2. The molecule has 0 atom stereocenters. The third-order valence-corrected chi connectivity index (χ3v) is 4.97. The quantitative estimate of drug-likeness (QED) is 0.689. The Morgan fingerprint density at radius 1 is 1.17 bits per heavy atom. The van der Waals surface area contributed by atoms with E-state index in [-0.39, 0.29) is 5.41 Å². The van der Waals surface area contributed by atoms with Gasteiger partial charge in [0, 0.05) is 17.8 Å². The smallest absolute Gasteiger partial charge is 0.327 e. The van der Waals surface area contributed by atoms with E-state index in [1.807, 2.05) is 0 Å². The Kier molecular flexibility index (Phi) is 6.47. The Labute approximate surface area is 146 Å². The molecule has 0 aromatic heterocycles. The predicted molar refractivity (Wildman–Crippen MR) is 101 cm³/mol. The number of nitrogens with one attached hydrogen (secondary N) is 1. The molecule has 3 nitrogen and oxygen atoms in total. The molecule has 0 unspecified atom stereocenters. The number of hydrogen-bond donors (Lipinski definition) is 2. The molecule has 24 heavy (non-hydrogen) atoms. The van der Waals surface area contributed by atoms with Gasteiger partial charge in [0.1, 0.15) is 0 Å². The van der Waals surface area contributed by atoms with Crippen LogP contribution in [0.2, 0.25) is 0 Å². The molecule has 2 rings (SSSR count). The minimum atomic E-state index is -0.847. The van der Waals surface area contributed by atoms with Gasteiger partial charge in [-0.15, -0.1) is 0 Å². The number of aliphatic carboxylic acids is 1. The lowest BCUT2D eigenvalue weighted by atomic mass is 9.83. The van der Waals surface area contributed by atoms with Crippen LogP contribution < -0.4 is 5.32 Å². The van der Waals surface area contributed by atoms with Gasteiger partial charge in [-0.3, -0.25) is 0 Å². The second kappa shape index (κ2) is 8.36. The van der Waals surface area contributed by atoms with Gasteiger partial charge in [-0.1, -0.05) is 39.0 Å². The Balaban J connectivity index is 1.74. The molecule has 2 N–H and O–H groups in total. The summed E-state index contributed by atoms with van der Waals surface area (Å²) in [7, 11) is 0. The van der Waals surface area contributed by atoms with Crippen LogP contribution in [-0.2, 0) is 10.2 Å². The van der Waals surface area contributed by atoms with Gasteiger partial charge in [-0.25, -0.2) is 4.79 Å². The first-order valence-corrected chi connectivity index (χ1v) is 9.11. The molecule has 132 valence electrons. The maximum Gasteiger partial charge on any atom is 0.327 e. The fourth-order valence-electron chi connectivity index (χ4n) is 3.41. The first kappa shape index (κ1) is 18.6. The number of carboxylic acid groups (broad SMARTS) is 1. The van der Waals surface area contributed by atoms with Crippen molar-refractivity contribution >= 4 is 11.7 Å². The molecule has 0 saturated heterocycles. The van der Waals surface area contributed by atoms with Crippen molar-refractivity contribution < 1.29 is 9.90 Å². The number of benzene rings is 1. The van der Waals surface area contributed by atoms with Crippen LogP contribution in [0, 0.1) is 5.92 Å². The molecular formula is C21H31NO2. The summed E-state index contributed by atoms with van der Waals surface area (Å²) in [6.45, 7) is 6.72. The SMILES string of the molecule is CC(C)(C)c1ccc(NC2CCC(CCC=CC(=O)O)CC2)cc1. The van der Waals surface area contributed by atoms with Crippen LogP contribution >= 0.6 is 0 Å². The zero-order chi connectivity index (χ0) is 17.6. The van der Waals surface area contributed by atoms with Gasteiger partial charge in [0.15, 0.2) is 0 Å². The topological polar surface area (TPSA) is 49.3 Å². The van der Waals surface area contributed by atoms with Crippen LogP contribution in [0.4, 0.5) is 5.69 Å². The van der Waals surface area contributed by atoms with E-state index in [4.69, 9.17) is 5.11 Å². The lowest BCUT2D eigenvalue weighted by Crippen LogP contribution is -2.26. The Morgan fingerprint density at radius 3 is 2.33 bits per heavy atom. The van der Waals surface area contributed by atoms with E-state index >= 15 is 0 Å². The normalized spacial score (nSPS) is 21.8. The Bertz CT molecular complexity index is 546. The maximum absolute atomic E-state index is 10.4. The molecule has 1 fully saturated rings. The van der Waals surface area contributed by atoms with E-state index in [1.165, 1.54) is 43.0 Å². The monoisotopic (exact) mass is 329 g/mol. The second-order valence-electron chi connectivity index (χ2n) is 8.01. The van der Waals surface area contributed by atoms with Crippen molar-refractivity contribution in [3.8, 4) is 0 Å². The van der Waals surface area contributed by atoms with Crippen LogP contribution in [0.3, 0.4) is 0 Å². The lowest BCUT2D eigenvalue weighted by molar-refractivity contribution is -0.131. The molecule has 1 saturated carbocycles. The molecule has 0 amide bonds. The zero-order valence-electron chi connectivity index (χ0n) is 15.2. The third-order valence-electron chi connectivity index (χ3n) is 4.97. The van der Waals surface area contributed by atoms with Crippen molar-refractivity contribution in [3.63, 3.8) is 0 Å². The third kappa shape index (κ3) is 6.03. The predicted octanol–water partition coefficient (Wildman–Crippen LogP) is 5.38. The minimum Gasteiger partial charge on any atom is -0.478 e. The summed E-state index contributed by atoms with van der Waals surface area (Å²) in [6.07, 6.45) is 9.90. The van der Waals surface area contributed by atoms with E-state index < -0.39 is 5.97 Å². The maximum atomic E-state index is 10.4. The first-order chi connectivity index (χ1) is 11.3. The van der Waals surface area contributed by atoms with Gasteiger partial charge in [0.2, 0.25) is 0 Å². The molecule has 0 bridgehead atoms. The van der Waals surface area contributed by atoms with Crippen LogP contribution in [0.1, 0.15) is 64.9 Å². The fraction of sp³-hybridized carbons (Fsp3) is 0.571. The number of hydrogen-bond acceptors (Lipinski definition) is 2. The van der Waals surface area contributed by atoms with Crippen molar-refractivity contribution in [1.82, 2.24) is 0 Å². The van der Waals surface area contributed by atoms with Crippen molar-refractivity contribution in [2.75, 3.05) is 5.32 Å². The molecule has 0 radical (unpaired) electrons. The molecule has 0 spiro atoms. The second-order valence-corrected chi connectivity index (χ2v) is 8.01.